The molecular formula is C10H17Cl6NOSi2. The number of rotatable bonds is 9. The van der Waals surface area contributed by atoms with Crippen molar-refractivity contribution >= 4 is 84.4 Å². The summed E-state index contributed by atoms with van der Waals surface area (Å²) < 4.78 is 0. The van der Waals surface area contributed by atoms with Crippen LogP contribution in [0.4, 0.5) is 0 Å². The summed E-state index contributed by atoms with van der Waals surface area (Å²) in [5, 5.41) is 0. The van der Waals surface area contributed by atoms with Crippen LogP contribution in [0.25, 0.3) is 0 Å². The highest BCUT2D eigenvalue weighted by atomic mass is 35.8. The number of halogens is 6. The van der Waals surface area contributed by atoms with E-state index in [1.54, 1.807) is 11.8 Å². The second-order valence-corrected chi connectivity index (χ2v) is 23.1. The second-order valence-electron chi connectivity index (χ2n) is 4.51. The van der Waals surface area contributed by atoms with Crippen molar-refractivity contribution in [3.05, 3.63) is 12.2 Å². The molecule has 0 aliphatic rings. The van der Waals surface area contributed by atoms with E-state index in [0.717, 1.165) is 0 Å². The smallest absolute Gasteiger partial charge is 0.339 e. The fourth-order valence-corrected chi connectivity index (χ4v) is 5.05. The van der Waals surface area contributed by atoms with Gasteiger partial charge in [-0.3, -0.25) is 4.79 Å². The topological polar surface area (TPSA) is 20.3 Å². The molecule has 0 saturated heterocycles. The summed E-state index contributed by atoms with van der Waals surface area (Å²) in [7, 11) is 0. The molecule has 118 valence electrons. The Bertz CT molecular complexity index is 322. The number of carbonyl (C=O) groups excluding carboxylic acids is 1. The van der Waals surface area contributed by atoms with Crippen molar-refractivity contribution in [3.8, 4) is 0 Å². The van der Waals surface area contributed by atoms with Crippen molar-refractivity contribution in [1.29, 1.82) is 0 Å². The van der Waals surface area contributed by atoms with E-state index < -0.39 is 12.0 Å². The molecule has 0 unspecified atom stereocenters. The molecule has 0 fully saturated rings. The van der Waals surface area contributed by atoms with Crippen molar-refractivity contribution in [1.82, 2.24) is 4.90 Å². The van der Waals surface area contributed by atoms with E-state index >= 15 is 0 Å². The summed E-state index contributed by atoms with van der Waals surface area (Å²) in [5.41, 5.74) is 0.474. The predicted molar refractivity (Wildman–Crippen MR) is 96.9 cm³/mol. The number of nitrogens with zero attached hydrogens (tertiary/aromatic N) is 1. The van der Waals surface area contributed by atoms with Gasteiger partial charge in [0.15, 0.2) is 0 Å². The van der Waals surface area contributed by atoms with E-state index in [4.69, 9.17) is 66.5 Å². The van der Waals surface area contributed by atoms with Gasteiger partial charge in [-0.25, -0.2) is 0 Å². The molecule has 0 aromatic rings. The Kier molecular flexibility index (Phi) is 10.2. The van der Waals surface area contributed by atoms with Crippen LogP contribution in [0, 0.1) is 0 Å². The summed E-state index contributed by atoms with van der Waals surface area (Å²) in [6.07, 6.45) is 1.29. The maximum Gasteiger partial charge on any atom is 0.341 e. The van der Waals surface area contributed by atoms with Gasteiger partial charge in [0.25, 0.3) is 0 Å². The molecule has 0 saturated carbocycles. The minimum atomic E-state index is -2.65. The lowest BCUT2D eigenvalue weighted by Gasteiger charge is -2.24. The Balaban J connectivity index is 4.36. The van der Waals surface area contributed by atoms with Crippen LogP contribution in [0.3, 0.4) is 0 Å². The van der Waals surface area contributed by atoms with Gasteiger partial charge in [-0.2, -0.15) is 0 Å². The zero-order valence-electron chi connectivity index (χ0n) is 11.1. The van der Waals surface area contributed by atoms with Gasteiger partial charge in [0, 0.05) is 18.7 Å². The maximum atomic E-state index is 12.0. The Labute approximate surface area is 150 Å². The van der Waals surface area contributed by atoms with Crippen LogP contribution in [0.15, 0.2) is 12.2 Å². The highest BCUT2D eigenvalue weighted by Crippen LogP contribution is 2.28. The molecule has 0 atom stereocenters. The minimum Gasteiger partial charge on any atom is -0.339 e. The van der Waals surface area contributed by atoms with Crippen molar-refractivity contribution in [2.45, 2.75) is 31.9 Å². The fourth-order valence-electron chi connectivity index (χ4n) is 1.53. The molecular weight excluding hydrogens is 419 g/mol. The monoisotopic (exact) mass is 433 g/mol. The molecule has 0 aromatic heterocycles. The van der Waals surface area contributed by atoms with Gasteiger partial charge in [0.2, 0.25) is 5.91 Å². The Morgan fingerprint density at radius 1 is 0.950 bits per heavy atom. The average molecular weight is 436 g/mol. The van der Waals surface area contributed by atoms with Crippen LogP contribution in [0.1, 0.15) is 19.8 Å². The summed E-state index contributed by atoms with van der Waals surface area (Å²) >= 11 is 34.9. The molecule has 0 radical (unpaired) electrons. The molecule has 10 heteroatoms. The number of hydrogen-bond acceptors (Lipinski definition) is 1. The Hall–Kier alpha value is 1.38. The lowest BCUT2D eigenvalue weighted by Crippen LogP contribution is -2.34. The van der Waals surface area contributed by atoms with Crippen molar-refractivity contribution in [2.24, 2.45) is 0 Å². The molecule has 2 nitrogen and oxygen atoms in total. The van der Waals surface area contributed by atoms with E-state index in [9.17, 15) is 4.79 Å². The molecule has 0 spiro atoms. The second kappa shape index (κ2) is 9.51. The van der Waals surface area contributed by atoms with E-state index in [1.807, 2.05) is 0 Å². The first kappa shape index (κ1) is 21.4. The third-order valence-electron chi connectivity index (χ3n) is 2.43. The molecule has 0 N–H and O–H groups in total. The van der Waals surface area contributed by atoms with Crippen LogP contribution in [0.5, 0.6) is 0 Å². The van der Waals surface area contributed by atoms with E-state index in [-0.39, 0.29) is 5.91 Å². The van der Waals surface area contributed by atoms with Gasteiger partial charge in [-0.15, -0.1) is 66.5 Å². The molecule has 20 heavy (non-hydrogen) atoms. The molecule has 0 heterocycles. The summed E-state index contributed by atoms with van der Waals surface area (Å²) in [4.78, 5) is 13.7. The quantitative estimate of drug-likeness (QED) is 0.266. The van der Waals surface area contributed by atoms with Gasteiger partial charge >= 0.3 is 12.0 Å². The van der Waals surface area contributed by atoms with E-state index in [1.165, 1.54) is 0 Å². The summed E-state index contributed by atoms with van der Waals surface area (Å²) in [5.74, 6) is -0.109. The first-order valence-corrected chi connectivity index (χ1v) is 16.5. The van der Waals surface area contributed by atoms with Crippen molar-refractivity contribution in [2.75, 3.05) is 13.1 Å². The maximum absolute atomic E-state index is 12.0. The van der Waals surface area contributed by atoms with Gasteiger partial charge in [0.05, 0.1) is 0 Å². The molecule has 0 rings (SSSR count). The number of hydrogen-bond donors (Lipinski definition) is 0. The van der Waals surface area contributed by atoms with Crippen LogP contribution in [-0.4, -0.2) is 35.9 Å². The Morgan fingerprint density at radius 2 is 1.30 bits per heavy atom. The minimum absolute atomic E-state index is 0.109. The lowest BCUT2D eigenvalue weighted by atomic mass is 10.2. The third-order valence-corrected chi connectivity index (χ3v) is 7.67. The van der Waals surface area contributed by atoms with Crippen molar-refractivity contribution < 1.29 is 4.79 Å². The number of amides is 1. The highest BCUT2D eigenvalue weighted by molar-refractivity contribution is 7.65. The molecule has 1 amide bonds. The lowest BCUT2D eigenvalue weighted by molar-refractivity contribution is -0.127. The van der Waals surface area contributed by atoms with Gasteiger partial charge in [-0.1, -0.05) is 6.58 Å². The zero-order valence-corrected chi connectivity index (χ0v) is 17.6. The predicted octanol–water partition coefficient (Wildman–Crippen LogP) is 5.48. The van der Waals surface area contributed by atoms with Crippen molar-refractivity contribution in [3.63, 3.8) is 0 Å². The summed E-state index contributed by atoms with van der Waals surface area (Å²) in [6.45, 7) is 6.37. The largest absolute Gasteiger partial charge is 0.341 e. The fraction of sp³-hybridized carbons (Fsp3) is 0.700. The van der Waals surface area contributed by atoms with Crippen LogP contribution >= 0.6 is 66.5 Å². The molecule has 0 bridgehead atoms. The number of carbonyl (C=O) groups is 1. The molecule has 0 aliphatic heterocycles. The third kappa shape index (κ3) is 12.0. The highest BCUT2D eigenvalue weighted by Gasteiger charge is 2.27. The SMILES string of the molecule is C=C(C)C(=O)N(CCC[Si](Cl)(Cl)Cl)CCC[Si](Cl)(Cl)Cl. The first-order chi connectivity index (χ1) is 8.92. The first-order valence-electron chi connectivity index (χ1n) is 6.00. The zero-order chi connectivity index (χ0) is 16.0. The average Bonchev–Trinajstić information content (AvgIpc) is 2.22. The van der Waals surface area contributed by atoms with Gasteiger partial charge in [-0.05, 0) is 31.9 Å². The van der Waals surface area contributed by atoms with Crippen LogP contribution in [0.2, 0.25) is 12.1 Å². The van der Waals surface area contributed by atoms with Gasteiger partial charge < -0.3 is 4.90 Å². The standard InChI is InChI=1S/C10H17Cl6NOSi2/c1-9(2)10(18)17(5-3-7-19(11,12)13)6-4-8-20(14,15)16/h1,3-8H2,2H3. The van der Waals surface area contributed by atoms with E-state index in [0.29, 0.717) is 43.6 Å². The van der Waals surface area contributed by atoms with Gasteiger partial charge in [0.1, 0.15) is 0 Å². The normalized spacial score (nSPS) is 12.3. The molecule has 0 aliphatic carbocycles. The van der Waals surface area contributed by atoms with E-state index in [2.05, 4.69) is 6.58 Å². The summed E-state index contributed by atoms with van der Waals surface area (Å²) in [6, 6.07) is -4.27. The molecule has 0 aromatic carbocycles. The van der Waals surface area contributed by atoms with Crippen LogP contribution < -0.4 is 0 Å². The Morgan fingerprint density at radius 3 is 1.55 bits per heavy atom. The van der Waals surface area contributed by atoms with Crippen LogP contribution in [-0.2, 0) is 4.79 Å².